The maximum absolute atomic E-state index is 12.2. The normalized spacial score (nSPS) is 10.9. The first-order valence-corrected chi connectivity index (χ1v) is 7.42. The first kappa shape index (κ1) is 16.7. The third kappa shape index (κ3) is 4.95. The van der Waals surface area contributed by atoms with Gasteiger partial charge in [-0.05, 0) is 31.5 Å². The van der Waals surface area contributed by atoms with E-state index in [0.29, 0.717) is 5.56 Å². The molecule has 0 spiro atoms. The van der Waals surface area contributed by atoms with Crippen LogP contribution in [0, 0.1) is 5.41 Å². The molecule has 0 amide bonds. The highest BCUT2D eigenvalue weighted by atomic mass is 16.6. The van der Waals surface area contributed by atoms with E-state index >= 15 is 0 Å². The number of benzene rings is 2. The van der Waals surface area contributed by atoms with Gasteiger partial charge < -0.3 is 9.47 Å². The van der Waals surface area contributed by atoms with Crippen molar-refractivity contribution in [3.63, 3.8) is 0 Å². The quantitative estimate of drug-likeness (QED) is 0.765. The number of carbonyl (C=O) groups excluding carboxylic acids is 2. The Morgan fingerprint density at radius 1 is 0.870 bits per heavy atom. The number of rotatable bonds is 6. The lowest BCUT2D eigenvalue weighted by Crippen LogP contribution is -2.32. The Morgan fingerprint density at radius 3 is 2.04 bits per heavy atom. The average molecular weight is 312 g/mol. The molecule has 23 heavy (non-hydrogen) atoms. The number of hydrogen-bond donors (Lipinski definition) is 0. The first-order chi connectivity index (χ1) is 11.0. The van der Waals surface area contributed by atoms with Crippen LogP contribution in [0.2, 0.25) is 0 Å². The van der Waals surface area contributed by atoms with Crippen molar-refractivity contribution in [2.75, 3.05) is 6.61 Å². The molecule has 0 heterocycles. The van der Waals surface area contributed by atoms with E-state index in [4.69, 9.17) is 9.47 Å². The fraction of sp³-hybridized carbons (Fsp3) is 0.263. The minimum atomic E-state index is -0.904. The summed E-state index contributed by atoms with van der Waals surface area (Å²) < 4.78 is 10.5. The SMILES string of the molecule is CC(C)(COC(=O)c1ccccc1)C(=O)OCc1ccccc1. The molecule has 0 unspecified atom stereocenters. The van der Waals surface area contributed by atoms with Gasteiger partial charge in [-0.15, -0.1) is 0 Å². The number of ether oxygens (including phenoxy) is 2. The zero-order valence-electron chi connectivity index (χ0n) is 13.3. The molecule has 0 atom stereocenters. The largest absolute Gasteiger partial charge is 0.461 e. The summed E-state index contributed by atoms with van der Waals surface area (Å²) in [6.07, 6.45) is 0. The van der Waals surface area contributed by atoms with E-state index in [-0.39, 0.29) is 13.2 Å². The Kier molecular flexibility index (Phi) is 5.52. The lowest BCUT2D eigenvalue weighted by molar-refractivity contribution is -0.157. The summed E-state index contributed by atoms with van der Waals surface area (Å²) in [5.41, 5.74) is 0.470. The van der Waals surface area contributed by atoms with Crippen LogP contribution in [0.15, 0.2) is 60.7 Å². The van der Waals surface area contributed by atoms with Gasteiger partial charge in [0.2, 0.25) is 0 Å². The summed E-state index contributed by atoms with van der Waals surface area (Å²) in [6, 6.07) is 18.1. The first-order valence-electron chi connectivity index (χ1n) is 7.42. The van der Waals surface area contributed by atoms with Crippen LogP contribution in [0.25, 0.3) is 0 Å². The van der Waals surface area contributed by atoms with Crippen molar-refractivity contribution in [3.05, 3.63) is 71.8 Å². The second-order valence-corrected chi connectivity index (χ2v) is 5.89. The van der Waals surface area contributed by atoms with Crippen LogP contribution in [0.5, 0.6) is 0 Å². The lowest BCUT2D eigenvalue weighted by atomic mass is 9.95. The predicted molar refractivity (Wildman–Crippen MR) is 86.7 cm³/mol. The third-order valence-corrected chi connectivity index (χ3v) is 3.34. The summed E-state index contributed by atoms with van der Waals surface area (Å²) in [4.78, 5) is 24.1. The van der Waals surface area contributed by atoms with E-state index in [1.807, 2.05) is 36.4 Å². The van der Waals surface area contributed by atoms with E-state index in [2.05, 4.69) is 0 Å². The zero-order chi connectivity index (χ0) is 16.7. The molecule has 4 nitrogen and oxygen atoms in total. The second kappa shape index (κ2) is 7.58. The average Bonchev–Trinajstić information content (AvgIpc) is 2.59. The predicted octanol–water partition coefficient (Wildman–Crippen LogP) is 3.61. The highest BCUT2D eigenvalue weighted by molar-refractivity contribution is 5.89. The van der Waals surface area contributed by atoms with Crippen molar-refractivity contribution in [2.24, 2.45) is 5.41 Å². The minimum absolute atomic E-state index is 0.0334. The molecule has 0 aliphatic heterocycles. The molecule has 0 aliphatic carbocycles. The van der Waals surface area contributed by atoms with E-state index < -0.39 is 17.4 Å². The zero-order valence-corrected chi connectivity index (χ0v) is 13.3. The summed E-state index contributed by atoms with van der Waals surface area (Å²) >= 11 is 0. The molecule has 0 aliphatic rings. The standard InChI is InChI=1S/C19H20O4/c1-19(2,14-23-17(20)16-11-7-4-8-12-16)18(21)22-13-15-9-5-3-6-10-15/h3-12H,13-14H2,1-2H3. The van der Waals surface area contributed by atoms with Gasteiger partial charge in [0.15, 0.2) is 0 Å². The molecular formula is C19H20O4. The number of hydrogen-bond acceptors (Lipinski definition) is 4. The van der Waals surface area contributed by atoms with Crippen LogP contribution in [0.1, 0.15) is 29.8 Å². The molecule has 2 aromatic carbocycles. The number of esters is 2. The molecule has 0 N–H and O–H groups in total. The van der Waals surface area contributed by atoms with Gasteiger partial charge in [-0.1, -0.05) is 48.5 Å². The molecule has 0 bridgehead atoms. The van der Waals surface area contributed by atoms with Crippen LogP contribution in [0.3, 0.4) is 0 Å². The van der Waals surface area contributed by atoms with Gasteiger partial charge in [0.1, 0.15) is 13.2 Å². The summed E-state index contributed by atoms with van der Waals surface area (Å²) in [6.45, 7) is 3.56. The Morgan fingerprint density at radius 2 is 1.43 bits per heavy atom. The van der Waals surface area contributed by atoms with Crippen LogP contribution in [-0.4, -0.2) is 18.5 Å². The molecule has 2 aromatic rings. The van der Waals surface area contributed by atoms with E-state index in [1.54, 1.807) is 38.1 Å². The maximum Gasteiger partial charge on any atom is 0.338 e. The third-order valence-electron chi connectivity index (χ3n) is 3.34. The molecule has 0 saturated heterocycles. The topological polar surface area (TPSA) is 52.6 Å². The van der Waals surface area contributed by atoms with Crippen molar-refractivity contribution < 1.29 is 19.1 Å². The monoisotopic (exact) mass is 312 g/mol. The van der Waals surface area contributed by atoms with Crippen molar-refractivity contribution in [1.82, 2.24) is 0 Å². The molecule has 0 fully saturated rings. The molecular weight excluding hydrogens is 292 g/mol. The molecule has 0 aromatic heterocycles. The van der Waals surface area contributed by atoms with Gasteiger partial charge in [-0.3, -0.25) is 4.79 Å². The second-order valence-electron chi connectivity index (χ2n) is 5.89. The fourth-order valence-corrected chi connectivity index (χ4v) is 1.88. The van der Waals surface area contributed by atoms with Gasteiger partial charge in [0.05, 0.1) is 11.0 Å². The van der Waals surface area contributed by atoms with Crippen LogP contribution in [0.4, 0.5) is 0 Å². The van der Waals surface area contributed by atoms with Gasteiger partial charge in [-0.2, -0.15) is 0 Å². The Hall–Kier alpha value is -2.62. The smallest absolute Gasteiger partial charge is 0.338 e. The van der Waals surface area contributed by atoms with Crippen LogP contribution >= 0.6 is 0 Å². The fourth-order valence-electron chi connectivity index (χ4n) is 1.88. The van der Waals surface area contributed by atoms with Crippen LogP contribution in [-0.2, 0) is 20.9 Å². The molecule has 4 heteroatoms. The van der Waals surface area contributed by atoms with E-state index in [1.165, 1.54) is 0 Å². The van der Waals surface area contributed by atoms with Crippen molar-refractivity contribution in [3.8, 4) is 0 Å². The maximum atomic E-state index is 12.2. The lowest BCUT2D eigenvalue weighted by Gasteiger charge is -2.22. The number of carbonyl (C=O) groups is 2. The Labute approximate surface area is 136 Å². The Balaban J connectivity index is 1.85. The van der Waals surface area contributed by atoms with E-state index in [9.17, 15) is 9.59 Å². The summed E-state index contributed by atoms with van der Waals surface area (Å²) in [5, 5.41) is 0. The van der Waals surface area contributed by atoms with E-state index in [0.717, 1.165) is 5.56 Å². The van der Waals surface area contributed by atoms with Crippen LogP contribution < -0.4 is 0 Å². The van der Waals surface area contributed by atoms with Gasteiger partial charge >= 0.3 is 11.9 Å². The molecule has 2 rings (SSSR count). The van der Waals surface area contributed by atoms with Gasteiger partial charge in [0, 0.05) is 0 Å². The van der Waals surface area contributed by atoms with Crippen molar-refractivity contribution >= 4 is 11.9 Å². The van der Waals surface area contributed by atoms with Crippen molar-refractivity contribution in [2.45, 2.75) is 20.5 Å². The van der Waals surface area contributed by atoms with Gasteiger partial charge in [0.25, 0.3) is 0 Å². The molecule has 0 saturated carbocycles. The van der Waals surface area contributed by atoms with Crippen molar-refractivity contribution in [1.29, 1.82) is 0 Å². The molecule has 120 valence electrons. The highest BCUT2D eigenvalue weighted by Crippen LogP contribution is 2.19. The van der Waals surface area contributed by atoms with Gasteiger partial charge in [-0.25, -0.2) is 4.79 Å². The Bertz CT molecular complexity index is 648. The minimum Gasteiger partial charge on any atom is -0.461 e. The summed E-state index contributed by atoms with van der Waals surface area (Å²) in [5.74, 6) is -0.850. The highest BCUT2D eigenvalue weighted by Gasteiger charge is 2.31. The summed E-state index contributed by atoms with van der Waals surface area (Å²) in [7, 11) is 0. The molecule has 0 radical (unpaired) electrons.